The minimum atomic E-state index is 0.0440. The zero-order valence-corrected chi connectivity index (χ0v) is 7.60. The minimum Gasteiger partial charge on any atom is -0.384 e. The van der Waals surface area contributed by atoms with E-state index in [1.807, 2.05) is 0 Å². The molecule has 1 aromatic carbocycles. The van der Waals surface area contributed by atoms with Gasteiger partial charge in [0.1, 0.15) is 5.84 Å². The highest BCUT2D eigenvalue weighted by Gasteiger charge is 1.94. The van der Waals surface area contributed by atoms with E-state index in [2.05, 4.69) is 5.73 Å². The number of nitrogens with one attached hydrogen (secondary N) is 1. The van der Waals surface area contributed by atoms with Gasteiger partial charge in [-0.2, -0.15) is 0 Å². The number of rotatable bonds is 1. The quantitative estimate of drug-likeness (QED) is 0.454. The van der Waals surface area contributed by atoms with Gasteiger partial charge in [0.15, 0.2) is 0 Å². The molecular weight excluding hydrogens is 174 g/mol. The summed E-state index contributed by atoms with van der Waals surface area (Å²) in [4.78, 5) is 0. The summed E-state index contributed by atoms with van der Waals surface area (Å²) in [5.41, 5.74) is 10.4. The van der Waals surface area contributed by atoms with Crippen LogP contribution in [0.5, 0.6) is 0 Å². The zero-order chi connectivity index (χ0) is 9.56. The van der Waals surface area contributed by atoms with Crippen LogP contribution in [0.1, 0.15) is 5.56 Å². The first kappa shape index (κ1) is 10.9. The van der Waals surface area contributed by atoms with Crippen molar-refractivity contribution in [3.05, 3.63) is 34.9 Å². The number of nitrogens with two attached hydrogens (primary N) is 2. The molecule has 0 fully saturated rings. The molecule has 1 aromatic rings. The summed E-state index contributed by atoms with van der Waals surface area (Å²) >= 11 is 5.64. The van der Waals surface area contributed by atoms with Gasteiger partial charge in [0, 0.05) is 10.6 Å². The fraction of sp³-hybridized carbons (Fsp3) is 0.125. The molecule has 66 valence electrons. The maximum absolute atomic E-state index is 7.05. The molecule has 0 atom stereocenters. The lowest BCUT2D eigenvalue weighted by Gasteiger charge is -1.96. The summed E-state index contributed by atoms with van der Waals surface area (Å²) < 4.78 is 0. The Morgan fingerprint density at radius 1 is 1.42 bits per heavy atom. The van der Waals surface area contributed by atoms with Crippen molar-refractivity contribution in [1.29, 1.82) is 5.41 Å². The monoisotopic (exact) mass is 185 g/mol. The summed E-state index contributed by atoms with van der Waals surface area (Å²) in [6.45, 7) is 0. The molecule has 4 heteroatoms. The Labute approximate surface area is 76.8 Å². The number of halogens is 1. The highest BCUT2D eigenvalue weighted by atomic mass is 35.5. The Bertz CT molecular complexity index is 260. The van der Waals surface area contributed by atoms with Crippen molar-refractivity contribution in [2.75, 3.05) is 7.05 Å². The standard InChI is InChI=1S/C7H7ClN2.CH5N/c8-6-3-1-2-5(4-6)7(9)10;1-2/h1-4H,(H3,9,10);2H2,1H3. The van der Waals surface area contributed by atoms with Gasteiger partial charge in [-0.25, -0.2) is 0 Å². The molecule has 0 aliphatic carbocycles. The molecule has 0 bridgehead atoms. The Morgan fingerprint density at radius 2 is 2.00 bits per heavy atom. The van der Waals surface area contributed by atoms with E-state index in [-0.39, 0.29) is 5.84 Å². The van der Waals surface area contributed by atoms with Gasteiger partial charge in [-0.1, -0.05) is 23.7 Å². The maximum atomic E-state index is 7.05. The van der Waals surface area contributed by atoms with Crippen LogP contribution in [0.15, 0.2) is 24.3 Å². The van der Waals surface area contributed by atoms with E-state index < -0.39 is 0 Å². The van der Waals surface area contributed by atoms with Gasteiger partial charge >= 0.3 is 0 Å². The average Bonchev–Trinajstić information content (AvgIpc) is 2.08. The topological polar surface area (TPSA) is 75.9 Å². The molecule has 0 radical (unpaired) electrons. The first-order valence-electron chi connectivity index (χ1n) is 3.38. The van der Waals surface area contributed by atoms with Gasteiger partial charge in [-0.3, -0.25) is 5.41 Å². The average molecular weight is 186 g/mol. The second-order valence-electron chi connectivity index (χ2n) is 1.92. The lowest BCUT2D eigenvalue weighted by Crippen LogP contribution is -2.10. The van der Waals surface area contributed by atoms with Crippen molar-refractivity contribution in [2.24, 2.45) is 11.5 Å². The molecule has 0 amide bonds. The minimum absolute atomic E-state index is 0.0440. The summed E-state index contributed by atoms with van der Waals surface area (Å²) in [6.07, 6.45) is 0. The molecular formula is C8H12ClN3. The number of hydrogen-bond donors (Lipinski definition) is 3. The molecule has 0 aliphatic rings. The van der Waals surface area contributed by atoms with Crippen LogP contribution in [0.4, 0.5) is 0 Å². The maximum Gasteiger partial charge on any atom is 0.122 e. The predicted molar refractivity (Wildman–Crippen MR) is 52.6 cm³/mol. The van der Waals surface area contributed by atoms with E-state index in [9.17, 15) is 0 Å². The summed E-state index contributed by atoms with van der Waals surface area (Å²) in [6, 6.07) is 6.91. The molecule has 0 saturated heterocycles. The Kier molecular flexibility index (Phi) is 5.08. The van der Waals surface area contributed by atoms with Gasteiger partial charge in [0.05, 0.1) is 0 Å². The fourth-order valence-corrected chi connectivity index (χ4v) is 0.846. The van der Waals surface area contributed by atoms with Crippen LogP contribution >= 0.6 is 11.6 Å². The Hall–Kier alpha value is -1.06. The highest BCUT2D eigenvalue weighted by Crippen LogP contribution is 2.09. The van der Waals surface area contributed by atoms with E-state index in [0.29, 0.717) is 10.6 Å². The largest absolute Gasteiger partial charge is 0.384 e. The predicted octanol–water partition coefficient (Wildman–Crippen LogP) is 1.20. The van der Waals surface area contributed by atoms with Crippen molar-refractivity contribution >= 4 is 17.4 Å². The first-order chi connectivity index (χ1) is 5.70. The smallest absolute Gasteiger partial charge is 0.122 e. The van der Waals surface area contributed by atoms with Crippen molar-refractivity contribution in [3.8, 4) is 0 Å². The van der Waals surface area contributed by atoms with E-state index in [1.54, 1.807) is 24.3 Å². The molecule has 0 saturated carbocycles. The van der Waals surface area contributed by atoms with E-state index >= 15 is 0 Å². The van der Waals surface area contributed by atoms with Crippen molar-refractivity contribution in [1.82, 2.24) is 0 Å². The van der Waals surface area contributed by atoms with E-state index in [1.165, 1.54) is 7.05 Å². The number of amidine groups is 1. The second-order valence-corrected chi connectivity index (χ2v) is 2.36. The fourth-order valence-electron chi connectivity index (χ4n) is 0.656. The van der Waals surface area contributed by atoms with Crippen LogP contribution < -0.4 is 11.5 Å². The number of nitrogen functional groups attached to an aromatic ring is 1. The van der Waals surface area contributed by atoms with Gasteiger partial charge in [-0.05, 0) is 19.2 Å². The molecule has 0 spiro atoms. The Balaban J connectivity index is 0.000000561. The van der Waals surface area contributed by atoms with E-state index in [4.69, 9.17) is 22.7 Å². The van der Waals surface area contributed by atoms with Crippen molar-refractivity contribution < 1.29 is 0 Å². The molecule has 3 nitrogen and oxygen atoms in total. The molecule has 5 N–H and O–H groups in total. The van der Waals surface area contributed by atoms with Gasteiger partial charge in [0.25, 0.3) is 0 Å². The molecule has 0 unspecified atom stereocenters. The van der Waals surface area contributed by atoms with Crippen LogP contribution in [-0.2, 0) is 0 Å². The lowest BCUT2D eigenvalue weighted by molar-refractivity contribution is 1.42. The zero-order valence-electron chi connectivity index (χ0n) is 6.84. The third-order valence-electron chi connectivity index (χ3n) is 1.14. The van der Waals surface area contributed by atoms with Crippen LogP contribution in [0.3, 0.4) is 0 Å². The third-order valence-corrected chi connectivity index (χ3v) is 1.37. The molecule has 0 heterocycles. The van der Waals surface area contributed by atoms with Crippen molar-refractivity contribution in [3.63, 3.8) is 0 Å². The summed E-state index contributed by atoms with van der Waals surface area (Å²) in [5.74, 6) is 0.0440. The van der Waals surface area contributed by atoms with Gasteiger partial charge in [-0.15, -0.1) is 0 Å². The van der Waals surface area contributed by atoms with Gasteiger partial charge < -0.3 is 11.5 Å². The lowest BCUT2D eigenvalue weighted by atomic mass is 10.2. The van der Waals surface area contributed by atoms with Crippen LogP contribution in [0.2, 0.25) is 5.02 Å². The number of benzene rings is 1. The second kappa shape index (κ2) is 5.57. The molecule has 1 rings (SSSR count). The van der Waals surface area contributed by atoms with Crippen LogP contribution in [0.25, 0.3) is 0 Å². The molecule has 12 heavy (non-hydrogen) atoms. The first-order valence-corrected chi connectivity index (χ1v) is 3.75. The third kappa shape index (κ3) is 3.37. The molecule has 0 aliphatic heterocycles. The van der Waals surface area contributed by atoms with Crippen LogP contribution in [0, 0.1) is 5.41 Å². The highest BCUT2D eigenvalue weighted by molar-refractivity contribution is 6.30. The van der Waals surface area contributed by atoms with Crippen LogP contribution in [-0.4, -0.2) is 12.9 Å². The number of hydrogen-bond acceptors (Lipinski definition) is 2. The van der Waals surface area contributed by atoms with Gasteiger partial charge in [0.2, 0.25) is 0 Å². The summed E-state index contributed by atoms with van der Waals surface area (Å²) in [5, 5.41) is 7.66. The van der Waals surface area contributed by atoms with Crippen molar-refractivity contribution in [2.45, 2.75) is 0 Å². The SMILES string of the molecule is CN.N=C(N)c1cccc(Cl)c1. The van der Waals surface area contributed by atoms with E-state index in [0.717, 1.165) is 0 Å². The summed E-state index contributed by atoms with van der Waals surface area (Å²) in [7, 11) is 1.50. The Morgan fingerprint density at radius 3 is 2.33 bits per heavy atom. The molecule has 0 aromatic heterocycles. The normalized spacial score (nSPS) is 8.25.